The van der Waals surface area contributed by atoms with Crippen molar-refractivity contribution in [2.75, 3.05) is 0 Å². The van der Waals surface area contributed by atoms with Crippen molar-refractivity contribution >= 4 is 0 Å². The van der Waals surface area contributed by atoms with E-state index >= 15 is 0 Å². The van der Waals surface area contributed by atoms with E-state index in [1.165, 1.54) is 25.7 Å². The number of hydrogen-bond donors (Lipinski definition) is 1. The fourth-order valence-corrected chi connectivity index (χ4v) is 2.92. The number of rotatable bonds is 1. The van der Waals surface area contributed by atoms with Gasteiger partial charge >= 0.3 is 0 Å². The van der Waals surface area contributed by atoms with E-state index in [2.05, 4.69) is 27.7 Å². The molecular formula is C11H23N. The van der Waals surface area contributed by atoms with Crippen molar-refractivity contribution in [3.63, 3.8) is 0 Å². The summed E-state index contributed by atoms with van der Waals surface area (Å²) < 4.78 is 0. The smallest absolute Gasteiger partial charge is 0.0131 e. The highest BCUT2D eigenvalue weighted by Crippen LogP contribution is 2.45. The van der Waals surface area contributed by atoms with Crippen LogP contribution in [0.5, 0.6) is 0 Å². The summed E-state index contributed by atoms with van der Waals surface area (Å²) in [5, 5.41) is 0. The highest BCUT2D eigenvalue weighted by molar-refractivity contribution is 4.94. The average molecular weight is 169 g/mol. The SMILES string of the molecule is CC[C@H]1CC[C@@](C)(N)CC1(C)C. The first-order valence-electron chi connectivity index (χ1n) is 5.16. The van der Waals surface area contributed by atoms with E-state index in [4.69, 9.17) is 5.73 Å². The molecule has 1 saturated carbocycles. The Kier molecular flexibility index (Phi) is 2.53. The third-order valence-electron chi connectivity index (χ3n) is 3.52. The van der Waals surface area contributed by atoms with Crippen molar-refractivity contribution in [2.45, 2.75) is 58.9 Å². The van der Waals surface area contributed by atoms with Gasteiger partial charge in [-0.1, -0.05) is 27.2 Å². The van der Waals surface area contributed by atoms with Gasteiger partial charge in [0.2, 0.25) is 0 Å². The molecule has 0 unspecified atom stereocenters. The van der Waals surface area contributed by atoms with Gasteiger partial charge in [-0.15, -0.1) is 0 Å². The van der Waals surface area contributed by atoms with E-state index in [1.54, 1.807) is 0 Å². The quantitative estimate of drug-likeness (QED) is 0.641. The standard InChI is InChI=1S/C11H23N/c1-5-9-6-7-11(4,12)8-10(9,2)3/h9H,5-8,12H2,1-4H3/t9-,11+/m0/s1. The minimum atomic E-state index is 0.0924. The molecule has 0 aromatic heterocycles. The third kappa shape index (κ3) is 2.01. The molecule has 0 radical (unpaired) electrons. The summed E-state index contributed by atoms with van der Waals surface area (Å²) in [6, 6.07) is 0. The maximum Gasteiger partial charge on any atom is 0.0131 e. The van der Waals surface area contributed by atoms with Crippen LogP contribution in [0.4, 0.5) is 0 Å². The van der Waals surface area contributed by atoms with Crippen molar-refractivity contribution in [3.05, 3.63) is 0 Å². The Hall–Kier alpha value is -0.0400. The fraction of sp³-hybridized carbons (Fsp3) is 1.00. The summed E-state index contributed by atoms with van der Waals surface area (Å²) in [6.07, 6.45) is 5.01. The second-order valence-electron chi connectivity index (χ2n) is 5.46. The largest absolute Gasteiger partial charge is 0.325 e. The normalized spacial score (nSPS) is 41.2. The lowest BCUT2D eigenvalue weighted by Crippen LogP contribution is -2.47. The molecule has 1 fully saturated rings. The van der Waals surface area contributed by atoms with Crippen LogP contribution < -0.4 is 5.73 Å². The topological polar surface area (TPSA) is 26.0 Å². The van der Waals surface area contributed by atoms with E-state index in [0.717, 1.165) is 5.92 Å². The van der Waals surface area contributed by atoms with Crippen LogP contribution >= 0.6 is 0 Å². The van der Waals surface area contributed by atoms with E-state index in [9.17, 15) is 0 Å². The predicted octanol–water partition coefficient (Wildman–Crippen LogP) is 2.94. The van der Waals surface area contributed by atoms with Gasteiger partial charge in [0, 0.05) is 5.54 Å². The molecule has 1 rings (SSSR count). The predicted molar refractivity (Wildman–Crippen MR) is 54.0 cm³/mol. The van der Waals surface area contributed by atoms with E-state index in [0.29, 0.717) is 5.41 Å². The molecule has 0 amide bonds. The molecule has 1 heteroatoms. The maximum absolute atomic E-state index is 6.17. The van der Waals surface area contributed by atoms with Crippen molar-refractivity contribution in [1.29, 1.82) is 0 Å². The summed E-state index contributed by atoms with van der Waals surface area (Å²) in [5.41, 5.74) is 6.72. The summed E-state index contributed by atoms with van der Waals surface area (Å²) in [5.74, 6) is 0.883. The van der Waals surface area contributed by atoms with Crippen LogP contribution in [0.3, 0.4) is 0 Å². The first kappa shape index (κ1) is 10.0. The Morgan fingerprint density at radius 1 is 1.33 bits per heavy atom. The van der Waals surface area contributed by atoms with Crippen LogP contribution in [-0.4, -0.2) is 5.54 Å². The van der Waals surface area contributed by atoms with Crippen LogP contribution in [0.15, 0.2) is 0 Å². The minimum Gasteiger partial charge on any atom is -0.325 e. The Labute approximate surface area is 76.7 Å². The van der Waals surface area contributed by atoms with Gasteiger partial charge < -0.3 is 5.73 Å². The second kappa shape index (κ2) is 3.02. The molecule has 0 spiro atoms. The lowest BCUT2D eigenvalue weighted by atomic mass is 9.62. The first-order valence-corrected chi connectivity index (χ1v) is 5.16. The zero-order chi connectivity index (χ0) is 9.41. The molecule has 0 aliphatic heterocycles. The summed E-state index contributed by atoms with van der Waals surface area (Å²) in [4.78, 5) is 0. The molecule has 1 aliphatic rings. The summed E-state index contributed by atoms with van der Waals surface area (Å²) in [6.45, 7) is 9.23. The Morgan fingerprint density at radius 3 is 2.33 bits per heavy atom. The van der Waals surface area contributed by atoms with Crippen LogP contribution in [0.1, 0.15) is 53.4 Å². The number of hydrogen-bond acceptors (Lipinski definition) is 1. The van der Waals surface area contributed by atoms with Crippen LogP contribution in [0.2, 0.25) is 0 Å². The van der Waals surface area contributed by atoms with Crippen molar-refractivity contribution in [3.8, 4) is 0 Å². The summed E-state index contributed by atoms with van der Waals surface area (Å²) in [7, 11) is 0. The molecule has 1 nitrogen and oxygen atoms in total. The van der Waals surface area contributed by atoms with E-state index in [1.807, 2.05) is 0 Å². The Balaban J connectivity index is 2.67. The Bertz CT molecular complexity index is 158. The summed E-state index contributed by atoms with van der Waals surface area (Å²) >= 11 is 0. The van der Waals surface area contributed by atoms with Gasteiger partial charge in [-0.25, -0.2) is 0 Å². The highest BCUT2D eigenvalue weighted by Gasteiger charge is 2.39. The van der Waals surface area contributed by atoms with Crippen molar-refractivity contribution in [1.82, 2.24) is 0 Å². The van der Waals surface area contributed by atoms with Crippen molar-refractivity contribution < 1.29 is 0 Å². The van der Waals surface area contributed by atoms with Crippen LogP contribution in [-0.2, 0) is 0 Å². The molecular weight excluding hydrogens is 146 g/mol. The molecule has 0 aromatic rings. The minimum absolute atomic E-state index is 0.0924. The van der Waals surface area contributed by atoms with Gasteiger partial charge in [0.15, 0.2) is 0 Å². The first-order chi connectivity index (χ1) is 5.37. The fourth-order valence-electron chi connectivity index (χ4n) is 2.92. The monoisotopic (exact) mass is 169 g/mol. The van der Waals surface area contributed by atoms with Gasteiger partial charge in [-0.3, -0.25) is 0 Å². The lowest BCUT2D eigenvalue weighted by molar-refractivity contribution is 0.0815. The molecule has 0 heterocycles. The van der Waals surface area contributed by atoms with Gasteiger partial charge in [0.05, 0.1) is 0 Å². The van der Waals surface area contributed by atoms with Crippen molar-refractivity contribution in [2.24, 2.45) is 17.1 Å². The molecule has 2 atom stereocenters. The van der Waals surface area contributed by atoms with E-state index < -0.39 is 0 Å². The highest BCUT2D eigenvalue weighted by atomic mass is 14.7. The second-order valence-corrected chi connectivity index (χ2v) is 5.46. The molecule has 1 aliphatic carbocycles. The molecule has 0 aromatic carbocycles. The van der Waals surface area contributed by atoms with E-state index in [-0.39, 0.29) is 5.54 Å². The molecule has 0 saturated heterocycles. The molecule has 72 valence electrons. The average Bonchev–Trinajstić information content (AvgIpc) is 1.83. The third-order valence-corrected chi connectivity index (χ3v) is 3.52. The van der Waals surface area contributed by atoms with Crippen LogP contribution in [0, 0.1) is 11.3 Å². The Morgan fingerprint density at radius 2 is 1.92 bits per heavy atom. The number of nitrogens with two attached hydrogens (primary N) is 1. The zero-order valence-electron chi connectivity index (χ0n) is 8.98. The molecule has 12 heavy (non-hydrogen) atoms. The van der Waals surface area contributed by atoms with Gasteiger partial charge in [-0.2, -0.15) is 0 Å². The zero-order valence-corrected chi connectivity index (χ0v) is 8.98. The van der Waals surface area contributed by atoms with Gasteiger partial charge in [0.1, 0.15) is 0 Å². The lowest BCUT2D eigenvalue weighted by Gasteiger charge is -2.46. The van der Waals surface area contributed by atoms with Crippen LogP contribution in [0.25, 0.3) is 0 Å². The molecule has 2 N–H and O–H groups in total. The maximum atomic E-state index is 6.17. The molecule has 0 bridgehead atoms. The van der Waals surface area contributed by atoms with Gasteiger partial charge in [0.25, 0.3) is 0 Å². The van der Waals surface area contributed by atoms with Gasteiger partial charge in [-0.05, 0) is 37.5 Å².